The molecule has 1 fully saturated rings. The minimum atomic E-state index is -0.573. The third kappa shape index (κ3) is 3.67. The largest absolute Gasteiger partial charge is 0.452 e. The predicted octanol–water partition coefficient (Wildman–Crippen LogP) is 2.39. The minimum Gasteiger partial charge on any atom is -0.452 e. The maximum Gasteiger partial charge on any atom is 0.344 e. The van der Waals surface area contributed by atoms with Gasteiger partial charge in [0, 0.05) is 6.04 Å². The summed E-state index contributed by atoms with van der Waals surface area (Å²) in [6, 6.07) is 0.161. The Balaban J connectivity index is 1.84. The Morgan fingerprint density at radius 2 is 2.05 bits per heavy atom. The maximum absolute atomic E-state index is 12.0. The molecule has 2 rings (SSSR count). The molecule has 0 aliphatic heterocycles. The normalized spacial score (nSPS) is 24.8. The van der Waals surface area contributed by atoms with Crippen LogP contribution in [0.1, 0.15) is 54.9 Å². The number of nitrogens with zero attached hydrogens (tertiary/aromatic N) is 1. The number of aryl methyl sites for hydroxylation is 2. The molecule has 0 bridgehead atoms. The lowest BCUT2D eigenvalue weighted by molar-refractivity contribution is -0.125. The molecule has 1 N–H and O–H groups in total. The number of aromatic nitrogens is 1. The number of amides is 1. The topological polar surface area (TPSA) is 81.4 Å². The van der Waals surface area contributed by atoms with E-state index in [1.54, 1.807) is 13.8 Å². The van der Waals surface area contributed by atoms with Crippen molar-refractivity contribution in [3.05, 3.63) is 17.0 Å². The lowest BCUT2D eigenvalue weighted by Crippen LogP contribution is -2.45. The van der Waals surface area contributed by atoms with Crippen LogP contribution in [0.5, 0.6) is 0 Å². The Kier molecular flexibility index (Phi) is 5.21. The van der Waals surface area contributed by atoms with Gasteiger partial charge in [0.05, 0.1) is 5.69 Å². The molecule has 0 saturated heterocycles. The Hall–Kier alpha value is -1.85. The second kappa shape index (κ2) is 6.94. The quantitative estimate of drug-likeness (QED) is 0.864. The van der Waals surface area contributed by atoms with Gasteiger partial charge in [-0.25, -0.2) is 4.79 Å². The number of carbonyl (C=O) groups is 2. The number of esters is 1. The van der Waals surface area contributed by atoms with E-state index in [1.165, 1.54) is 6.42 Å². The predicted molar refractivity (Wildman–Crippen MR) is 80.4 cm³/mol. The van der Waals surface area contributed by atoms with Gasteiger partial charge in [-0.2, -0.15) is 0 Å². The second-order valence-electron chi connectivity index (χ2n) is 6.22. The molecular weight excluding hydrogens is 284 g/mol. The molecule has 1 amide bonds. The van der Waals surface area contributed by atoms with Crippen molar-refractivity contribution < 1.29 is 18.8 Å². The molecule has 22 heavy (non-hydrogen) atoms. The van der Waals surface area contributed by atoms with Crippen molar-refractivity contribution >= 4 is 11.9 Å². The molecule has 6 nitrogen and oxygen atoms in total. The van der Waals surface area contributed by atoms with E-state index in [9.17, 15) is 9.59 Å². The first-order valence-corrected chi connectivity index (χ1v) is 7.79. The average Bonchev–Trinajstić information content (AvgIpc) is 2.81. The number of carbonyl (C=O) groups excluding carboxylic acids is 2. The van der Waals surface area contributed by atoms with E-state index in [1.807, 2.05) is 0 Å². The molecule has 122 valence electrons. The number of hydrogen-bond acceptors (Lipinski definition) is 5. The van der Waals surface area contributed by atoms with Gasteiger partial charge in [-0.3, -0.25) is 4.79 Å². The van der Waals surface area contributed by atoms with Gasteiger partial charge in [0.1, 0.15) is 11.3 Å². The lowest BCUT2D eigenvalue weighted by Gasteiger charge is -2.34. The highest BCUT2D eigenvalue weighted by Crippen LogP contribution is 2.29. The Morgan fingerprint density at radius 3 is 2.68 bits per heavy atom. The molecule has 1 heterocycles. The third-order valence-corrected chi connectivity index (χ3v) is 4.63. The van der Waals surface area contributed by atoms with Crippen LogP contribution >= 0.6 is 0 Å². The minimum absolute atomic E-state index is 0.161. The monoisotopic (exact) mass is 308 g/mol. The summed E-state index contributed by atoms with van der Waals surface area (Å²) in [6.07, 6.45) is 3.30. The van der Waals surface area contributed by atoms with E-state index < -0.39 is 5.97 Å². The van der Waals surface area contributed by atoms with Gasteiger partial charge in [0.25, 0.3) is 5.91 Å². The van der Waals surface area contributed by atoms with Crippen LogP contribution in [-0.4, -0.2) is 29.7 Å². The maximum atomic E-state index is 12.0. The fourth-order valence-corrected chi connectivity index (χ4v) is 3.01. The van der Waals surface area contributed by atoms with Crippen LogP contribution in [0.25, 0.3) is 0 Å². The zero-order valence-corrected chi connectivity index (χ0v) is 13.6. The summed E-state index contributed by atoms with van der Waals surface area (Å²) in [5, 5.41) is 6.67. The molecule has 0 aromatic carbocycles. The zero-order valence-electron chi connectivity index (χ0n) is 13.6. The van der Waals surface area contributed by atoms with Crippen LogP contribution in [-0.2, 0) is 9.53 Å². The molecule has 1 aromatic heterocycles. The Morgan fingerprint density at radius 1 is 1.32 bits per heavy atom. The summed E-state index contributed by atoms with van der Waals surface area (Å²) in [6.45, 7) is 7.39. The summed E-state index contributed by atoms with van der Waals surface area (Å²) in [4.78, 5) is 23.9. The summed E-state index contributed by atoms with van der Waals surface area (Å²) in [7, 11) is 0. The summed E-state index contributed by atoms with van der Waals surface area (Å²) < 4.78 is 9.98. The molecule has 1 saturated carbocycles. The molecule has 0 unspecified atom stereocenters. The van der Waals surface area contributed by atoms with Crippen molar-refractivity contribution in [3.63, 3.8) is 0 Å². The van der Waals surface area contributed by atoms with Crippen LogP contribution in [0.4, 0.5) is 0 Å². The molecule has 1 aliphatic carbocycles. The van der Waals surface area contributed by atoms with Gasteiger partial charge in [-0.15, -0.1) is 0 Å². The molecule has 3 atom stereocenters. The van der Waals surface area contributed by atoms with Crippen molar-refractivity contribution in [1.82, 2.24) is 10.5 Å². The van der Waals surface area contributed by atoms with Crippen LogP contribution in [0, 0.1) is 25.7 Å². The molecule has 1 aliphatic rings. The van der Waals surface area contributed by atoms with E-state index in [2.05, 4.69) is 24.3 Å². The van der Waals surface area contributed by atoms with Gasteiger partial charge >= 0.3 is 5.97 Å². The van der Waals surface area contributed by atoms with E-state index in [-0.39, 0.29) is 18.6 Å². The van der Waals surface area contributed by atoms with Gasteiger partial charge < -0.3 is 14.6 Å². The fourth-order valence-electron chi connectivity index (χ4n) is 3.01. The number of rotatable bonds is 4. The highest BCUT2D eigenvalue weighted by molar-refractivity contribution is 5.93. The third-order valence-electron chi connectivity index (χ3n) is 4.63. The molecule has 0 radical (unpaired) electrons. The van der Waals surface area contributed by atoms with Gasteiger partial charge in [0.15, 0.2) is 6.61 Å². The molecule has 0 spiro atoms. The fraction of sp³-hybridized carbons (Fsp3) is 0.688. The van der Waals surface area contributed by atoms with Crippen molar-refractivity contribution in [1.29, 1.82) is 0 Å². The van der Waals surface area contributed by atoms with E-state index in [4.69, 9.17) is 9.26 Å². The molecule has 6 heteroatoms. The van der Waals surface area contributed by atoms with Gasteiger partial charge in [0.2, 0.25) is 0 Å². The first-order chi connectivity index (χ1) is 10.4. The highest BCUT2D eigenvalue weighted by atomic mass is 16.5. The van der Waals surface area contributed by atoms with E-state index in [0.717, 1.165) is 12.8 Å². The summed E-state index contributed by atoms with van der Waals surface area (Å²) in [5.41, 5.74) is 0.769. The Labute approximate surface area is 130 Å². The van der Waals surface area contributed by atoms with Crippen LogP contribution in [0.2, 0.25) is 0 Å². The molecular formula is C16H24N2O4. The standard InChI is InChI=1S/C16H24N2O4/c1-9-6-5-7-13(10(9)2)17-14(19)8-21-16(20)15-11(3)18-22-12(15)4/h9-10,13H,5-8H2,1-4H3,(H,17,19)/t9-,10+,13-/m1/s1. The first kappa shape index (κ1) is 16.5. The highest BCUT2D eigenvalue weighted by Gasteiger charge is 2.28. The Bertz CT molecular complexity index is 533. The van der Waals surface area contributed by atoms with E-state index in [0.29, 0.717) is 28.9 Å². The van der Waals surface area contributed by atoms with Gasteiger partial charge in [-0.1, -0.05) is 31.8 Å². The van der Waals surface area contributed by atoms with Crippen LogP contribution in [0.15, 0.2) is 4.52 Å². The SMILES string of the molecule is Cc1noc(C)c1C(=O)OCC(=O)N[C@@H]1CCC[C@@H](C)[C@@H]1C. The van der Waals surface area contributed by atoms with Crippen molar-refractivity contribution in [3.8, 4) is 0 Å². The number of ether oxygens (including phenoxy) is 1. The molecule has 1 aromatic rings. The van der Waals surface area contributed by atoms with E-state index >= 15 is 0 Å². The smallest absolute Gasteiger partial charge is 0.344 e. The first-order valence-electron chi connectivity index (χ1n) is 7.79. The van der Waals surface area contributed by atoms with Crippen molar-refractivity contribution in [2.75, 3.05) is 6.61 Å². The van der Waals surface area contributed by atoms with Gasteiger partial charge in [-0.05, 0) is 32.1 Å². The number of hydrogen-bond donors (Lipinski definition) is 1. The summed E-state index contributed by atoms with van der Waals surface area (Å²) >= 11 is 0. The van der Waals surface area contributed by atoms with Crippen molar-refractivity contribution in [2.24, 2.45) is 11.8 Å². The van der Waals surface area contributed by atoms with Crippen molar-refractivity contribution in [2.45, 2.75) is 53.0 Å². The lowest BCUT2D eigenvalue weighted by atomic mass is 9.78. The second-order valence-corrected chi connectivity index (χ2v) is 6.22. The number of nitrogens with one attached hydrogen (secondary N) is 1. The summed E-state index contributed by atoms with van der Waals surface area (Å²) in [5.74, 6) is 0.611. The zero-order chi connectivity index (χ0) is 16.3. The van der Waals surface area contributed by atoms with Crippen LogP contribution < -0.4 is 5.32 Å². The average molecular weight is 308 g/mol. The van der Waals surface area contributed by atoms with Crippen LogP contribution in [0.3, 0.4) is 0 Å².